The molecule has 1 heterocycles. The second kappa shape index (κ2) is 2.12. The van der Waals surface area contributed by atoms with Crippen LogP contribution in [0.25, 0.3) is 0 Å². The molecule has 0 amide bonds. The topological polar surface area (TPSA) is 24.7 Å². The summed E-state index contributed by atoms with van der Waals surface area (Å²) in [5.41, 5.74) is 0. The first-order valence-electron chi connectivity index (χ1n) is 2.11. The lowest BCUT2D eigenvalue weighted by Crippen LogP contribution is -2.13. The standard InChI is InChI=1S/C3H2Cl4N2/c4-2(5)1-3(6,7)9-8-2/h1H2. The summed E-state index contributed by atoms with van der Waals surface area (Å²) >= 11 is 22.0. The fourth-order valence-electron chi connectivity index (χ4n) is 0.473. The Morgan fingerprint density at radius 1 is 0.889 bits per heavy atom. The molecule has 0 saturated heterocycles. The van der Waals surface area contributed by atoms with E-state index in [4.69, 9.17) is 46.4 Å². The minimum atomic E-state index is -1.23. The summed E-state index contributed by atoms with van der Waals surface area (Å²) in [5, 5.41) is 6.83. The molecule has 9 heavy (non-hydrogen) atoms. The van der Waals surface area contributed by atoms with Crippen molar-refractivity contribution in [2.24, 2.45) is 10.2 Å². The molecule has 0 saturated carbocycles. The monoisotopic (exact) mass is 206 g/mol. The van der Waals surface area contributed by atoms with E-state index < -0.39 is 8.91 Å². The van der Waals surface area contributed by atoms with Gasteiger partial charge < -0.3 is 0 Å². The smallest absolute Gasteiger partial charge is 0.151 e. The van der Waals surface area contributed by atoms with Gasteiger partial charge >= 0.3 is 0 Å². The highest BCUT2D eigenvalue weighted by atomic mass is 35.5. The third-order valence-corrected chi connectivity index (χ3v) is 1.60. The highest BCUT2D eigenvalue weighted by Gasteiger charge is 2.42. The summed E-state index contributed by atoms with van der Waals surface area (Å²) in [7, 11) is 0. The lowest BCUT2D eigenvalue weighted by atomic mass is 10.4. The van der Waals surface area contributed by atoms with Crippen molar-refractivity contribution in [2.45, 2.75) is 15.3 Å². The zero-order chi connectivity index (χ0) is 7.12. The van der Waals surface area contributed by atoms with Crippen molar-refractivity contribution in [1.29, 1.82) is 0 Å². The lowest BCUT2D eigenvalue weighted by molar-refractivity contribution is 0.766. The Bertz CT molecular complexity index is 136. The van der Waals surface area contributed by atoms with E-state index in [1.807, 2.05) is 0 Å². The van der Waals surface area contributed by atoms with Crippen LogP contribution >= 0.6 is 46.4 Å². The van der Waals surface area contributed by atoms with E-state index in [2.05, 4.69) is 10.2 Å². The Morgan fingerprint density at radius 2 is 1.22 bits per heavy atom. The summed E-state index contributed by atoms with van der Waals surface area (Å²) in [6.45, 7) is 0. The minimum Gasteiger partial charge on any atom is -0.151 e. The van der Waals surface area contributed by atoms with Gasteiger partial charge in [0.05, 0.1) is 6.42 Å². The minimum absolute atomic E-state index is 0.131. The third kappa shape index (κ3) is 2.11. The molecule has 1 aliphatic heterocycles. The molecule has 0 aliphatic carbocycles. The molecule has 0 N–H and O–H groups in total. The fraction of sp³-hybridized carbons (Fsp3) is 1.00. The molecule has 0 fully saturated rings. The Hall–Kier alpha value is 0.760. The Morgan fingerprint density at radius 3 is 1.33 bits per heavy atom. The third-order valence-electron chi connectivity index (χ3n) is 0.768. The quantitative estimate of drug-likeness (QED) is 0.431. The van der Waals surface area contributed by atoms with Gasteiger partial charge in [-0.2, -0.15) is 10.2 Å². The van der Waals surface area contributed by atoms with E-state index in [1.165, 1.54) is 0 Å². The molecule has 6 heteroatoms. The van der Waals surface area contributed by atoms with Gasteiger partial charge in [0, 0.05) is 0 Å². The van der Waals surface area contributed by atoms with Crippen molar-refractivity contribution in [3.63, 3.8) is 0 Å². The van der Waals surface area contributed by atoms with Crippen molar-refractivity contribution < 1.29 is 0 Å². The zero-order valence-electron chi connectivity index (χ0n) is 4.11. The van der Waals surface area contributed by atoms with E-state index in [-0.39, 0.29) is 6.42 Å². The molecule has 0 aromatic carbocycles. The zero-order valence-corrected chi connectivity index (χ0v) is 7.14. The first-order chi connectivity index (χ1) is 3.91. The molecule has 0 spiro atoms. The van der Waals surface area contributed by atoms with Crippen LogP contribution in [0.5, 0.6) is 0 Å². The van der Waals surface area contributed by atoms with Crippen LogP contribution in [0, 0.1) is 0 Å². The SMILES string of the molecule is ClC1(Cl)CC(Cl)(Cl)N=N1. The number of alkyl halides is 4. The van der Waals surface area contributed by atoms with E-state index in [0.29, 0.717) is 0 Å². The molecule has 0 atom stereocenters. The number of azo groups is 1. The van der Waals surface area contributed by atoms with Crippen LogP contribution < -0.4 is 0 Å². The molecule has 0 radical (unpaired) electrons. The Labute approximate surface area is 72.1 Å². The highest BCUT2D eigenvalue weighted by molar-refractivity contribution is 6.53. The van der Waals surface area contributed by atoms with Crippen LogP contribution in [0.1, 0.15) is 6.42 Å². The Kier molecular flexibility index (Phi) is 1.86. The van der Waals surface area contributed by atoms with Crippen LogP contribution in [0.2, 0.25) is 0 Å². The lowest BCUT2D eigenvalue weighted by Gasteiger charge is -2.08. The van der Waals surface area contributed by atoms with Gasteiger partial charge in [-0.1, -0.05) is 46.4 Å². The Balaban J connectivity index is 2.71. The van der Waals surface area contributed by atoms with Gasteiger partial charge in [0.2, 0.25) is 8.91 Å². The highest BCUT2D eigenvalue weighted by Crippen LogP contribution is 2.45. The first kappa shape index (κ1) is 7.86. The van der Waals surface area contributed by atoms with Crippen molar-refractivity contribution in [3.8, 4) is 0 Å². The van der Waals surface area contributed by atoms with Gasteiger partial charge in [-0.3, -0.25) is 0 Å². The summed E-state index contributed by atoms with van der Waals surface area (Å²) in [5.74, 6) is 0. The number of hydrogen-bond acceptors (Lipinski definition) is 2. The maximum Gasteiger partial charge on any atom is 0.232 e. The van der Waals surface area contributed by atoms with Gasteiger partial charge in [-0.15, -0.1) is 0 Å². The van der Waals surface area contributed by atoms with Crippen molar-refractivity contribution in [3.05, 3.63) is 0 Å². The number of rotatable bonds is 0. The van der Waals surface area contributed by atoms with Crippen LogP contribution in [0.15, 0.2) is 10.2 Å². The number of nitrogens with zero attached hydrogens (tertiary/aromatic N) is 2. The molecule has 2 nitrogen and oxygen atoms in total. The maximum atomic E-state index is 5.49. The van der Waals surface area contributed by atoms with Crippen LogP contribution in [-0.4, -0.2) is 8.91 Å². The first-order valence-corrected chi connectivity index (χ1v) is 3.62. The van der Waals surface area contributed by atoms with Gasteiger partial charge in [0.15, 0.2) is 0 Å². The van der Waals surface area contributed by atoms with Gasteiger partial charge in [-0.25, -0.2) is 0 Å². The van der Waals surface area contributed by atoms with E-state index in [1.54, 1.807) is 0 Å². The summed E-state index contributed by atoms with van der Waals surface area (Å²) in [4.78, 5) is 0. The molecule has 0 bridgehead atoms. The average molecular weight is 208 g/mol. The molecular weight excluding hydrogens is 206 g/mol. The second-order valence-electron chi connectivity index (χ2n) is 1.71. The normalized spacial score (nSPS) is 28.9. The number of hydrogen-bond donors (Lipinski definition) is 0. The predicted molar refractivity (Wildman–Crippen MR) is 38.3 cm³/mol. The van der Waals surface area contributed by atoms with Crippen LogP contribution in [0.4, 0.5) is 0 Å². The van der Waals surface area contributed by atoms with E-state index in [0.717, 1.165) is 0 Å². The molecule has 52 valence electrons. The van der Waals surface area contributed by atoms with E-state index >= 15 is 0 Å². The largest absolute Gasteiger partial charge is 0.232 e. The molecule has 0 aromatic heterocycles. The number of halogens is 4. The average Bonchev–Trinajstić information content (AvgIpc) is 1.78. The molecular formula is C3H2Cl4N2. The summed E-state index contributed by atoms with van der Waals surface area (Å²) < 4.78 is -2.47. The van der Waals surface area contributed by atoms with E-state index in [9.17, 15) is 0 Å². The summed E-state index contributed by atoms with van der Waals surface area (Å²) in [6, 6.07) is 0. The second-order valence-corrected chi connectivity index (χ2v) is 4.60. The van der Waals surface area contributed by atoms with Crippen molar-refractivity contribution >= 4 is 46.4 Å². The summed E-state index contributed by atoms with van der Waals surface area (Å²) in [6.07, 6.45) is 0.131. The fourth-order valence-corrected chi connectivity index (χ4v) is 1.67. The molecule has 1 aliphatic rings. The maximum absolute atomic E-state index is 5.49. The van der Waals surface area contributed by atoms with Crippen molar-refractivity contribution in [2.75, 3.05) is 0 Å². The molecule has 0 unspecified atom stereocenters. The van der Waals surface area contributed by atoms with Gasteiger partial charge in [0.1, 0.15) is 0 Å². The van der Waals surface area contributed by atoms with Gasteiger partial charge in [0.25, 0.3) is 0 Å². The predicted octanol–water partition coefficient (Wildman–Crippen LogP) is 3.11. The van der Waals surface area contributed by atoms with Crippen molar-refractivity contribution in [1.82, 2.24) is 0 Å². The van der Waals surface area contributed by atoms with Crippen LogP contribution in [-0.2, 0) is 0 Å². The molecule has 1 rings (SSSR count). The van der Waals surface area contributed by atoms with Crippen LogP contribution in [0.3, 0.4) is 0 Å². The molecule has 0 aromatic rings. The van der Waals surface area contributed by atoms with Gasteiger partial charge in [-0.05, 0) is 0 Å².